The fraction of sp³-hybridized carbons (Fsp3) is 0.725. The number of allylic oxidation sites excluding steroid dienone is 1. The van der Waals surface area contributed by atoms with Crippen LogP contribution in [0.5, 0.6) is 0 Å². The van der Waals surface area contributed by atoms with E-state index in [0.29, 0.717) is 18.8 Å². The molecule has 12 heteroatoms. The second-order valence-corrected chi connectivity index (χ2v) is 22.7. The van der Waals surface area contributed by atoms with Crippen molar-refractivity contribution in [2.75, 3.05) is 11.5 Å². The van der Waals surface area contributed by atoms with Gasteiger partial charge in [0.05, 0.1) is 23.6 Å². The van der Waals surface area contributed by atoms with E-state index in [9.17, 15) is 31.2 Å². The van der Waals surface area contributed by atoms with Gasteiger partial charge < -0.3 is 4.74 Å². The van der Waals surface area contributed by atoms with Crippen LogP contribution in [-0.2, 0) is 45.6 Å². The highest BCUT2D eigenvalue weighted by molar-refractivity contribution is 7.90. The Labute approximate surface area is 310 Å². The first-order valence-electron chi connectivity index (χ1n) is 19.1. The van der Waals surface area contributed by atoms with Gasteiger partial charge >= 0.3 is 5.97 Å². The maximum Gasteiger partial charge on any atom is 0.306 e. The van der Waals surface area contributed by atoms with Crippen LogP contribution in [0.15, 0.2) is 42.0 Å². The van der Waals surface area contributed by atoms with Gasteiger partial charge in [0.2, 0.25) is 26.0 Å². The van der Waals surface area contributed by atoms with Gasteiger partial charge in [-0.25, -0.2) is 25.4 Å². The summed E-state index contributed by atoms with van der Waals surface area (Å²) < 4.78 is 63.8. The van der Waals surface area contributed by atoms with Crippen LogP contribution in [0.4, 0.5) is 0 Å². The number of benzene rings is 1. The minimum absolute atomic E-state index is 0.0225. The molecule has 2 spiro atoms. The molecular formula is C40H56N2O8S2. The van der Waals surface area contributed by atoms with Gasteiger partial charge in [-0.15, -0.1) is 0 Å². The van der Waals surface area contributed by atoms with Crippen molar-refractivity contribution in [1.82, 2.24) is 8.61 Å². The Kier molecular flexibility index (Phi) is 8.77. The molecule has 1 aromatic carbocycles. The highest BCUT2D eigenvalue weighted by Gasteiger charge is 2.73. The van der Waals surface area contributed by atoms with Crippen LogP contribution >= 0.6 is 0 Å². The van der Waals surface area contributed by atoms with Crippen molar-refractivity contribution in [2.45, 2.75) is 130 Å². The first-order chi connectivity index (χ1) is 24.1. The number of nitrogens with zero attached hydrogens (tertiary/aromatic N) is 2. The number of amides is 2. The summed E-state index contributed by atoms with van der Waals surface area (Å²) in [5.74, 6) is -2.32. The number of hydrogen-bond donors (Lipinski definition) is 0. The number of hydrogen-bond acceptors (Lipinski definition) is 8. The number of ether oxygens (including phenoxy) is 1. The summed E-state index contributed by atoms with van der Waals surface area (Å²) in [7, 11) is -7.87. The van der Waals surface area contributed by atoms with Crippen LogP contribution in [0.2, 0.25) is 0 Å². The zero-order chi connectivity index (χ0) is 37.9. The average Bonchev–Trinajstić information content (AvgIpc) is 3.64. The second-order valence-electron chi connectivity index (χ2n) is 19.0. The first-order valence-corrected chi connectivity index (χ1v) is 22.3. The molecular weight excluding hydrogens is 701 g/mol. The van der Waals surface area contributed by atoms with Gasteiger partial charge in [0, 0.05) is 29.7 Å². The Morgan fingerprint density at radius 3 is 2.25 bits per heavy atom. The molecule has 0 N–H and O–H groups in total. The lowest BCUT2D eigenvalue weighted by molar-refractivity contribution is -0.155. The molecule has 52 heavy (non-hydrogen) atoms. The van der Waals surface area contributed by atoms with Crippen molar-refractivity contribution in [3.05, 3.63) is 47.5 Å². The number of carbonyl (C=O) groups is 3. The minimum Gasteiger partial charge on any atom is -0.460 e. The molecule has 286 valence electrons. The first kappa shape index (κ1) is 37.6. The van der Waals surface area contributed by atoms with E-state index in [4.69, 9.17) is 4.74 Å². The maximum absolute atomic E-state index is 14.7. The summed E-state index contributed by atoms with van der Waals surface area (Å²) in [5, 5.41) is 0. The van der Waals surface area contributed by atoms with Crippen molar-refractivity contribution in [3.63, 3.8) is 0 Å². The van der Waals surface area contributed by atoms with Gasteiger partial charge in [-0.1, -0.05) is 64.1 Å². The summed E-state index contributed by atoms with van der Waals surface area (Å²) in [6, 6.07) is 8.46. The standard InChI is InChI=1S/C40H56N2O8S2/c1-36(2,3)50-33(43)16-15-27(34(44)41-31-23-39(24-51(41,46)47)19-18-30(31)38(39,6)7)13-14-28(21-26-11-9-8-10-12-26)35(45)42-32-22-29-17-20-40(32,37(29,4)5)25-52(42,48)49/h8-12,14,27,29-32H,13,15-25H2,1-7H3/b28-14+. The highest BCUT2D eigenvalue weighted by Crippen LogP contribution is 2.71. The van der Waals surface area contributed by atoms with E-state index in [0.717, 1.165) is 39.9 Å². The molecule has 7 atom stereocenters. The summed E-state index contributed by atoms with van der Waals surface area (Å²) >= 11 is 0. The lowest BCUT2D eigenvalue weighted by Crippen LogP contribution is -2.55. The predicted octanol–water partition coefficient (Wildman–Crippen LogP) is 6.02. The normalized spacial score (nSPS) is 35.0. The van der Waals surface area contributed by atoms with E-state index in [1.165, 1.54) is 0 Å². The fourth-order valence-electron chi connectivity index (χ4n) is 11.8. The van der Waals surface area contributed by atoms with E-state index >= 15 is 0 Å². The molecule has 4 saturated carbocycles. The summed E-state index contributed by atoms with van der Waals surface area (Å²) in [6.07, 6.45) is 6.38. The Morgan fingerprint density at radius 2 is 1.60 bits per heavy atom. The van der Waals surface area contributed by atoms with Gasteiger partial charge in [-0.2, -0.15) is 0 Å². The molecule has 5 bridgehead atoms. The van der Waals surface area contributed by atoms with Crippen molar-refractivity contribution in [1.29, 1.82) is 0 Å². The van der Waals surface area contributed by atoms with Gasteiger partial charge in [-0.3, -0.25) is 14.4 Å². The largest absolute Gasteiger partial charge is 0.460 e. The molecule has 0 radical (unpaired) electrons. The topological polar surface area (TPSA) is 135 Å². The maximum atomic E-state index is 14.7. The van der Waals surface area contributed by atoms with Crippen LogP contribution in [0.3, 0.4) is 0 Å². The average molecular weight is 757 g/mol. The van der Waals surface area contributed by atoms with Gasteiger partial charge in [-0.05, 0) is 106 Å². The van der Waals surface area contributed by atoms with Crippen LogP contribution < -0.4 is 0 Å². The SMILES string of the molecule is CC(C)(C)OC(=O)CCC(C/C=C(\Cc1ccccc1)C(=O)N1C2CC3CCC2(CS1(=O)=O)C3(C)C)C(=O)N1C2CC3(CCC2C3(C)C)CS1(=O)=O. The highest BCUT2D eigenvalue weighted by atomic mass is 32.2. The Balaban J connectivity index is 1.23. The van der Waals surface area contributed by atoms with E-state index in [-0.39, 0.29) is 64.9 Å². The summed E-state index contributed by atoms with van der Waals surface area (Å²) in [5.41, 5.74) is -0.966. The lowest BCUT2D eigenvalue weighted by Gasteiger charge is -2.44. The van der Waals surface area contributed by atoms with Crippen molar-refractivity contribution < 1.29 is 36.0 Å². The van der Waals surface area contributed by atoms with Gasteiger partial charge in [0.1, 0.15) is 5.60 Å². The molecule has 0 aromatic heterocycles. The number of esters is 1. The smallest absolute Gasteiger partial charge is 0.306 e. The summed E-state index contributed by atoms with van der Waals surface area (Å²) in [6.45, 7) is 13.8. The third-order valence-electron chi connectivity index (χ3n) is 14.8. The minimum atomic E-state index is -3.95. The third-order valence-corrected chi connectivity index (χ3v) is 18.7. The van der Waals surface area contributed by atoms with Crippen molar-refractivity contribution in [3.8, 4) is 0 Å². The molecule has 6 aliphatic rings. The number of rotatable bonds is 9. The zero-order valence-corrected chi connectivity index (χ0v) is 33.4. The molecule has 2 saturated heterocycles. The van der Waals surface area contributed by atoms with Crippen LogP contribution in [0, 0.1) is 39.4 Å². The van der Waals surface area contributed by atoms with Gasteiger partial charge in [0.15, 0.2) is 0 Å². The van der Waals surface area contributed by atoms with Crippen molar-refractivity contribution >= 4 is 37.8 Å². The molecule has 4 aliphatic carbocycles. The third kappa shape index (κ3) is 5.70. The van der Waals surface area contributed by atoms with Gasteiger partial charge in [0.25, 0.3) is 5.91 Å². The second kappa shape index (κ2) is 12.1. The van der Waals surface area contributed by atoms with E-state index < -0.39 is 66.8 Å². The molecule has 7 rings (SSSR count). The van der Waals surface area contributed by atoms with Crippen LogP contribution in [-0.4, -0.2) is 72.4 Å². The number of fused-ring (bicyclic) bond motifs is 4. The van der Waals surface area contributed by atoms with Crippen LogP contribution in [0.1, 0.15) is 112 Å². The molecule has 7 unspecified atom stereocenters. The Morgan fingerprint density at radius 1 is 0.923 bits per heavy atom. The zero-order valence-electron chi connectivity index (χ0n) is 31.8. The lowest BCUT2D eigenvalue weighted by atomic mass is 9.69. The monoisotopic (exact) mass is 756 g/mol. The van der Waals surface area contributed by atoms with Crippen molar-refractivity contribution in [2.24, 2.45) is 39.4 Å². The molecule has 2 heterocycles. The fourth-order valence-corrected chi connectivity index (χ4v) is 16.9. The van der Waals surface area contributed by atoms with E-state index in [2.05, 4.69) is 27.7 Å². The predicted molar refractivity (Wildman–Crippen MR) is 197 cm³/mol. The number of carbonyl (C=O) groups excluding carboxylic acids is 3. The molecule has 10 nitrogen and oxygen atoms in total. The summed E-state index contributed by atoms with van der Waals surface area (Å²) in [4.78, 5) is 42.3. The quantitative estimate of drug-likeness (QED) is 0.221. The van der Waals surface area contributed by atoms with Crippen LogP contribution in [0.25, 0.3) is 0 Å². The van der Waals surface area contributed by atoms with E-state index in [1.54, 1.807) is 26.8 Å². The van der Waals surface area contributed by atoms with E-state index in [1.807, 2.05) is 30.3 Å². The molecule has 2 aliphatic heterocycles. The molecule has 1 aromatic rings. The molecule has 2 amide bonds. The molecule has 6 fully saturated rings. The number of sulfonamides is 2. The Bertz CT molecular complexity index is 1910. The Hall–Kier alpha value is -2.73.